The molecule has 5 rings (SSSR count). The Hall–Kier alpha value is -4.15. The number of para-hydroxylation sites is 2. The van der Waals surface area contributed by atoms with Crippen LogP contribution in [0.4, 0.5) is 5.69 Å². The first kappa shape index (κ1) is 20.7. The zero-order chi connectivity index (χ0) is 22.6. The van der Waals surface area contributed by atoms with Gasteiger partial charge in [0, 0.05) is 21.7 Å². The molecule has 160 valence electrons. The number of anilines is 1. The fourth-order valence-corrected chi connectivity index (χ4v) is 3.69. The minimum absolute atomic E-state index is 0.208. The van der Waals surface area contributed by atoms with E-state index in [9.17, 15) is 4.79 Å². The Kier molecular flexibility index (Phi) is 5.75. The molecule has 1 amide bonds. The summed E-state index contributed by atoms with van der Waals surface area (Å²) >= 11 is 6.03. The molecule has 0 atom stereocenters. The van der Waals surface area contributed by atoms with E-state index >= 15 is 0 Å². The molecule has 0 spiro atoms. The third-order valence-corrected chi connectivity index (χ3v) is 5.44. The van der Waals surface area contributed by atoms with Gasteiger partial charge < -0.3 is 10.1 Å². The number of nitrogens with one attached hydrogen (secondary N) is 1. The zero-order valence-electron chi connectivity index (χ0n) is 17.5. The van der Waals surface area contributed by atoms with Crippen LogP contribution >= 0.6 is 11.6 Å². The van der Waals surface area contributed by atoms with Gasteiger partial charge in [0.05, 0.1) is 16.8 Å². The summed E-state index contributed by atoms with van der Waals surface area (Å²) in [5.41, 5.74) is 3.58. The summed E-state index contributed by atoms with van der Waals surface area (Å²) in [6, 6.07) is 33.7. The van der Waals surface area contributed by atoms with E-state index in [4.69, 9.17) is 21.3 Å². The molecule has 5 heteroatoms. The minimum Gasteiger partial charge on any atom is -0.457 e. The van der Waals surface area contributed by atoms with E-state index in [2.05, 4.69) is 5.32 Å². The van der Waals surface area contributed by atoms with Crippen molar-refractivity contribution in [2.75, 3.05) is 5.32 Å². The molecular formula is C28H19ClN2O2. The van der Waals surface area contributed by atoms with Gasteiger partial charge in [-0.15, -0.1) is 0 Å². The van der Waals surface area contributed by atoms with Crippen molar-refractivity contribution < 1.29 is 9.53 Å². The quantitative estimate of drug-likeness (QED) is 0.300. The lowest BCUT2D eigenvalue weighted by Gasteiger charge is -2.11. The summed E-state index contributed by atoms with van der Waals surface area (Å²) < 4.78 is 5.82. The summed E-state index contributed by atoms with van der Waals surface area (Å²) in [7, 11) is 0. The first-order valence-corrected chi connectivity index (χ1v) is 10.8. The zero-order valence-corrected chi connectivity index (χ0v) is 18.3. The average molecular weight is 451 g/mol. The van der Waals surface area contributed by atoms with Crippen molar-refractivity contribution >= 4 is 34.1 Å². The number of aromatic nitrogens is 1. The molecule has 0 aliphatic rings. The highest BCUT2D eigenvalue weighted by Gasteiger charge is 2.14. The van der Waals surface area contributed by atoms with Gasteiger partial charge in [0.15, 0.2) is 0 Å². The first-order valence-electron chi connectivity index (χ1n) is 10.5. The van der Waals surface area contributed by atoms with Crippen LogP contribution in [0.1, 0.15) is 10.4 Å². The number of pyridine rings is 1. The number of hydrogen-bond donors (Lipinski definition) is 1. The van der Waals surface area contributed by atoms with E-state index in [1.54, 1.807) is 0 Å². The molecule has 1 heterocycles. The van der Waals surface area contributed by atoms with Gasteiger partial charge in [0.2, 0.25) is 0 Å². The monoisotopic (exact) mass is 450 g/mol. The van der Waals surface area contributed by atoms with E-state index in [1.165, 1.54) is 0 Å². The maximum atomic E-state index is 13.3. The fourth-order valence-electron chi connectivity index (χ4n) is 3.56. The summed E-state index contributed by atoms with van der Waals surface area (Å²) in [5, 5.41) is 4.42. The third-order valence-electron chi connectivity index (χ3n) is 5.19. The molecule has 0 radical (unpaired) electrons. The number of rotatable bonds is 5. The molecule has 0 fully saturated rings. The molecule has 0 saturated heterocycles. The topological polar surface area (TPSA) is 51.2 Å². The van der Waals surface area contributed by atoms with Crippen LogP contribution in [0.5, 0.6) is 11.5 Å². The number of fused-ring (bicyclic) bond motifs is 1. The molecule has 0 aliphatic carbocycles. The number of carbonyl (C=O) groups excluding carboxylic acids is 1. The van der Waals surface area contributed by atoms with Crippen molar-refractivity contribution in [3.8, 4) is 22.8 Å². The van der Waals surface area contributed by atoms with Gasteiger partial charge in [-0.3, -0.25) is 4.79 Å². The molecule has 4 nitrogen and oxygen atoms in total. The fraction of sp³-hybridized carbons (Fsp3) is 0. The van der Waals surface area contributed by atoms with Gasteiger partial charge in [0.25, 0.3) is 5.91 Å². The molecule has 0 bridgehead atoms. The standard InChI is InChI=1S/C28H19ClN2O2/c29-20-12-10-19(11-13-20)27-18-25(24-8-4-5-9-26(24)31-27)28(32)30-21-14-16-23(17-15-21)33-22-6-2-1-3-7-22/h1-18H,(H,30,32). The average Bonchev–Trinajstić information content (AvgIpc) is 2.85. The van der Waals surface area contributed by atoms with E-state index in [-0.39, 0.29) is 5.91 Å². The van der Waals surface area contributed by atoms with Crippen molar-refractivity contribution in [1.82, 2.24) is 4.98 Å². The second kappa shape index (κ2) is 9.15. The summed E-state index contributed by atoms with van der Waals surface area (Å²) in [4.78, 5) is 18.0. The second-order valence-electron chi connectivity index (χ2n) is 7.47. The van der Waals surface area contributed by atoms with Crippen LogP contribution in [-0.2, 0) is 0 Å². The Bertz CT molecular complexity index is 1420. The van der Waals surface area contributed by atoms with Gasteiger partial charge in [-0.1, -0.05) is 60.1 Å². The molecule has 0 aliphatic heterocycles. The lowest BCUT2D eigenvalue weighted by Crippen LogP contribution is -2.13. The Labute approximate surface area is 196 Å². The summed E-state index contributed by atoms with van der Waals surface area (Å²) in [6.07, 6.45) is 0. The first-order chi connectivity index (χ1) is 16.2. The number of halogens is 1. The predicted octanol–water partition coefficient (Wildman–Crippen LogP) is 7.60. The van der Waals surface area contributed by atoms with Crippen LogP contribution in [0, 0.1) is 0 Å². The van der Waals surface area contributed by atoms with Crippen LogP contribution in [0.3, 0.4) is 0 Å². The Morgan fingerprint density at radius 1 is 0.758 bits per heavy atom. The van der Waals surface area contributed by atoms with Gasteiger partial charge in [0.1, 0.15) is 11.5 Å². The number of ether oxygens (including phenoxy) is 1. The van der Waals surface area contributed by atoms with Gasteiger partial charge in [-0.2, -0.15) is 0 Å². The highest BCUT2D eigenvalue weighted by Crippen LogP contribution is 2.27. The molecule has 0 saturated carbocycles. The highest BCUT2D eigenvalue weighted by molar-refractivity contribution is 6.30. The van der Waals surface area contributed by atoms with Gasteiger partial charge in [-0.05, 0) is 60.7 Å². The third kappa shape index (κ3) is 4.71. The van der Waals surface area contributed by atoms with Gasteiger partial charge >= 0.3 is 0 Å². The largest absolute Gasteiger partial charge is 0.457 e. The van der Waals surface area contributed by atoms with Crippen molar-refractivity contribution in [3.05, 3.63) is 120 Å². The van der Waals surface area contributed by atoms with E-state index in [0.717, 1.165) is 22.2 Å². The lowest BCUT2D eigenvalue weighted by molar-refractivity contribution is 0.102. The van der Waals surface area contributed by atoms with Crippen molar-refractivity contribution in [1.29, 1.82) is 0 Å². The van der Waals surface area contributed by atoms with E-state index in [0.29, 0.717) is 27.7 Å². The van der Waals surface area contributed by atoms with Crippen LogP contribution in [-0.4, -0.2) is 10.9 Å². The van der Waals surface area contributed by atoms with E-state index < -0.39 is 0 Å². The number of hydrogen-bond acceptors (Lipinski definition) is 3. The number of carbonyl (C=O) groups is 1. The van der Waals surface area contributed by atoms with Crippen molar-refractivity contribution in [2.45, 2.75) is 0 Å². The molecule has 5 aromatic rings. The summed E-state index contributed by atoms with van der Waals surface area (Å²) in [5.74, 6) is 1.24. The Morgan fingerprint density at radius 2 is 1.42 bits per heavy atom. The molecular weight excluding hydrogens is 432 g/mol. The smallest absolute Gasteiger partial charge is 0.256 e. The second-order valence-corrected chi connectivity index (χ2v) is 7.91. The molecule has 4 aromatic carbocycles. The SMILES string of the molecule is O=C(Nc1ccc(Oc2ccccc2)cc1)c1cc(-c2ccc(Cl)cc2)nc2ccccc12. The van der Waals surface area contributed by atoms with Crippen LogP contribution in [0.2, 0.25) is 5.02 Å². The number of benzene rings is 4. The number of nitrogens with zero attached hydrogens (tertiary/aromatic N) is 1. The molecule has 0 unspecified atom stereocenters. The van der Waals surface area contributed by atoms with Crippen LogP contribution in [0.15, 0.2) is 109 Å². The van der Waals surface area contributed by atoms with Crippen molar-refractivity contribution in [2.24, 2.45) is 0 Å². The van der Waals surface area contributed by atoms with Gasteiger partial charge in [-0.25, -0.2) is 4.98 Å². The minimum atomic E-state index is -0.208. The van der Waals surface area contributed by atoms with Crippen LogP contribution < -0.4 is 10.1 Å². The molecule has 1 aromatic heterocycles. The van der Waals surface area contributed by atoms with E-state index in [1.807, 2.05) is 109 Å². The molecule has 33 heavy (non-hydrogen) atoms. The Balaban J connectivity index is 1.42. The number of amides is 1. The van der Waals surface area contributed by atoms with Crippen LogP contribution in [0.25, 0.3) is 22.2 Å². The summed E-state index contributed by atoms with van der Waals surface area (Å²) in [6.45, 7) is 0. The Morgan fingerprint density at radius 3 is 2.18 bits per heavy atom. The molecule has 1 N–H and O–H groups in total. The van der Waals surface area contributed by atoms with Crippen molar-refractivity contribution in [3.63, 3.8) is 0 Å². The maximum Gasteiger partial charge on any atom is 0.256 e. The normalized spacial score (nSPS) is 10.7. The lowest BCUT2D eigenvalue weighted by atomic mass is 10.0. The predicted molar refractivity (Wildman–Crippen MR) is 133 cm³/mol. The maximum absolute atomic E-state index is 13.3. The highest BCUT2D eigenvalue weighted by atomic mass is 35.5.